The number of halogens is 3. The summed E-state index contributed by atoms with van der Waals surface area (Å²) in [5, 5.41) is 8.58. The molecule has 0 radical (unpaired) electrons. The number of hydrogen-bond donors (Lipinski definition) is 2. The monoisotopic (exact) mass is 419 g/mol. The Labute approximate surface area is 140 Å². The van der Waals surface area contributed by atoms with Crippen molar-refractivity contribution in [3.63, 3.8) is 0 Å². The highest BCUT2D eigenvalue weighted by atomic mass is 79.9. The van der Waals surface area contributed by atoms with Gasteiger partial charge in [0.05, 0.1) is 22.6 Å². The van der Waals surface area contributed by atoms with Crippen molar-refractivity contribution in [1.82, 2.24) is 4.72 Å². The molecule has 10 heteroatoms. The number of sulfonamides is 1. The van der Waals surface area contributed by atoms with Gasteiger partial charge in [0.2, 0.25) is 10.0 Å². The highest BCUT2D eigenvalue weighted by Crippen LogP contribution is 2.32. The Kier molecular flexibility index (Phi) is 6.89. The lowest BCUT2D eigenvalue weighted by molar-refractivity contribution is -0.139. The van der Waals surface area contributed by atoms with E-state index >= 15 is 0 Å². The molecule has 118 valence electrons. The summed E-state index contributed by atoms with van der Waals surface area (Å²) in [6.07, 6.45) is -1.13. The normalized spacial score (nSPS) is 13.1. The Balaban J connectivity index is 2.95. The van der Waals surface area contributed by atoms with Crippen molar-refractivity contribution in [2.45, 2.75) is 17.4 Å². The molecule has 2 N–H and O–H groups in total. The van der Waals surface area contributed by atoms with E-state index in [0.29, 0.717) is 4.47 Å². The van der Waals surface area contributed by atoms with Crippen LogP contribution in [0.25, 0.3) is 0 Å². The van der Waals surface area contributed by atoms with E-state index in [2.05, 4.69) is 20.7 Å². The fraction of sp³-hybridized carbons (Fsp3) is 0.364. The number of nitrogens with one attached hydrogen (secondary N) is 1. The van der Waals surface area contributed by atoms with Gasteiger partial charge < -0.3 is 9.84 Å². The molecule has 0 aliphatic carbocycles. The molecule has 0 saturated carbocycles. The zero-order chi connectivity index (χ0) is 16.2. The summed E-state index contributed by atoms with van der Waals surface area (Å²) in [4.78, 5) is 10.3. The van der Waals surface area contributed by atoms with Crippen LogP contribution in [0.4, 0.5) is 0 Å². The first kappa shape index (κ1) is 18.7. The molecule has 0 amide bonds. The van der Waals surface area contributed by atoms with Gasteiger partial charge in [-0.15, -0.1) is 0 Å². The number of methoxy groups -OCH3 is 1. The van der Waals surface area contributed by atoms with Crippen molar-refractivity contribution >= 4 is 55.1 Å². The number of ether oxygens (including phenoxy) is 1. The van der Waals surface area contributed by atoms with Gasteiger partial charge in [0.1, 0.15) is 4.90 Å². The number of rotatable bonds is 7. The molecule has 1 rings (SSSR count). The van der Waals surface area contributed by atoms with Gasteiger partial charge >= 0.3 is 5.97 Å². The van der Waals surface area contributed by atoms with Crippen LogP contribution in [0.2, 0.25) is 10.0 Å². The van der Waals surface area contributed by atoms with Crippen LogP contribution in [0.1, 0.15) is 6.42 Å². The molecule has 1 atom stereocenters. The molecule has 0 bridgehead atoms. The second-order valence-electron chi connectivity index (χ2n) is 4.01. The van der Waals surface area contributed by atoms with Crippen LogP contribution in [0.5, 0.6) is 0 Å². The average molecular weight is 421 g/mol. The molecule has 1 aromatic carbocycles. The molecular weight excluding hydrogens is 409 g/mol. The van der Waals surface area contributed by atoms with Crippen molar-refractivity contribution in [3.05, 3.63) is 26.7 Å². The molecule has 0 heterocycles. The van der Waals surface area contributed by atoms with Crippen molar-refractivity contribution < 1.29 is 23.1 Å². The van der Waals surface area contributed by atoms with Crippen LogP contribution in [0.3, 0.4) is 0 Å². The third-order valence-electron chi connectivity index (χ3n) is 2.47. The number of aliphatic carboxylic acids is 1. The van der Waals surface area contributed by atoms with Crippen molar-refractivity contribution in [2.75, 3.05) is 13.7 Å². The van der Waals surface area contributed by atoms with Gasteiger partial charge in [0.15, 0.2) is 0 Å². The van der Waals surface area contributed by atoms with Crippen LogP contribution in [-0.2, 0) is 19.6 Å². The lowest BCUT2D eigenvalue weighted by Crippen LogP contribution is -2.34. The van der Waals surface area contributed by atoms with Gasteiger partial charge in [0.25, 0.3) is 0 Å². The number of benzene rings is 1. The zero-order valence-electron chi connectivity index (χ0n) is 10.8. The molecule has 0 fully saturated rings. The Morgan fingerprint density at radius 3 is 2.38 bits per heavy atom. The summed E-state index contributed by atoms with van der Waals surface area (Å²) in [6, 6.07) is 2.79. The molecule has 0 spiro atoms. The average Bonchev–Trinajstić information content (AvgIpc) is 2.32. The Bertz CT molecular complexity index is 614. The minimum atomic E-state index is -3.99. The van der Waals surface area contributed by atoms with E-state index in [1.54, 1.807) is 0 Å². The molecule has 0 aromatic heterocycles. The fourth-order valence-electron chi connectivity index (χ4n) is 1.49. The van der Waals surface area contributed by atoms with E-state index in [0.717, 1.165) is 0 Å². The first-order chi connectivity index (χ1) is 9.67. The molecule has 0 aliphatic heterocycles. The van der Waals surface area contributed by atoms with E-state index in [9.17, 15) is 13.2 Å². The Hall–Kier alpha value is -0.380. The fourth-order valence-corrected chi connectivity index (χ4v) is 4.49. The van der Waals surface area contributed by atoms with Gasteiger partial charge in [-0.2, -0.15) is 0 Å². The van der Waals surface area contributed by atoms with Crippen molar-refractivity contribution in [1.29, 1.82) is 0 Å². The predicted molar refractivity (Wildman–Crippen MR) is 82.4 cm³/mol. The second-order valence-corrected chi connectivity index (χ2v) is 7.44. The Morgan fingerprint density at radius 1 is 1.43 bits per heavy atom. The molecule has 21 heavy (non-hydrogen) atoms. The summed E-state index contributed by atoms with van der Waals surface area (Å²) in [6.45, 7) is -0.214. The minimum absolute atomic E-state index is 0.0472. The molecule has 0 aliphatic rings. The maximum Gasteiger partial charge on any atom is 0.306 e. The van der Waals surface area contributed by atoms with E-state index in [1.165, 1.54) is 19.2 Å². The van der Waals surface area contributed by atoms with Crippen LogP contribution >= 0.6 is 39.1 Å². The number of hydrogen-bond acceptors (Lipinski definition) is 4. The summed E-state index contributed by atoms with van der Waals surface area (Å²) in [5.41, 5.74) is 0. The summed E-state index contributed by atoms with van der Waals surface area (Å²) >= 11 is 14.9. The van der Waals surface area contributed by atoms with Crippen LogP contribution in [0.15, 0.2) is 21.5 Å². The maximum absolute atomic E-state index is 12.2. The molecule has 1 aromatic rings. The number of carboxylic acid groups (broad SMARTS) is 1. The van der Waals surface area contributed by atoms with E-state index in [1.807, 2.05) is 0 Å². The molecular formula is C11H12BrCl2NO5S. The second kappa shape index (κ2) is 7.75. The first-order valence-electron chi connectivity index (χ1n) is 5.56. The van der Waals surface area contributed by atoms with Crippen LogP contribution in [0, 0.1) is 0 Å². The lowest BCUT2D eigenvalue weighted by atomic mass is 10.2. The topological polar surface area (TPSA) is 92.7 Å². The smallest absolute Gasteiger partial charge is 0.306 e. The highest BCUT2D eigenvalue weighted by molar-refractivity contribution is 9.10. The first-order valence-corrected chi connectivity index (χ1v) is 8.59. The van der Waals surface area contributed by atoms with E-state index < -0.39 is 22.1 Å². The SMILES string of the molecule is COC(CNS(=O)(=O)c1c(Cl)cc(Br)cc1Cl)CC(=O)O. The zero-order valence-corrected chi connectivity index (χ0v) is 14.7. The van der Waals surface area contributed by atoms with Crippen molar-refractivity contribution in [2.24, 2.45) is 0 Å². The predicted octanol–water partition coefficient (Wildman–Crippen LogP) is 2.52. The summed E-state index contributed by atoms with van der Waals surface area (Å²) in [5.74, 6) is -1.10. The molecule has 1 unspecified atom stereocenters. The molecule has 0 saturated heterocycles. The third kappa shape index (κ3) is 5.39. The maximum atomic E-state index is 12.2. The van der Waals surface area contributed by atoms with Crippen LogP contribution < -0.4 is 4.72 Å². The van der Waals surface area contributed by atoms with Gasteiger partial charge in [-0.25, -0.2) is 13.1 Å². The summed E-state index contributed by atoms with van der Waals surface area (Å²) < 4.78 is 32.0. The highest BCUT2D eigenvalue weighted by Gasteiger charge is 2.24. The standard InChI is InChI=1S/C11H12BrCl2NO5S/c1-20-7(4-10(16)17)5-15-21(18,19)11-8(13)2-6(12)3-9(11)14/h2-3,7,15H,4-5H2,1H3,(H,16,17). The van der Waals surface area contributed by atoms with Gasteiger partial charge in [-0.05, 0) is 12.1 Å². The van der Waals surface area contributed by atoms with Crippen molar-refractivity contribution in [3.8, 4) is 0 Å². The lowest BCUT2D eigenvalue weighted by Gasteiger charge is -2.15. The van der Waals surface area contributed by atoms with E-state index in [4.69, 9.17) is 33.0 Å². The quantitative estimate of drug-likeness (QED) is 0.706. The van der Waals surface area contributed by atoms with Gasteiger partial charge in [0, 0.05) is 18.1 Å². The minimum Gasteiger partial charge on any atom is -0.481 e. The van der Waals surface area contributed by atoms with E-state index in [-0.39, 0.29) is 27.9 Å². The van der Waals surface area contributed by atoms with Crippen LogP contribution in [-0.4, -0.2) is 39.3 Å². The number of carboxylic acids is 1. The summed E-state index contributed by atoms with van der Waals surface area (Å²) in [7, 11) is -2.69. The Morgan fingerprint density at radius 2 is 1.95 bits per heavy atom. The largest absolute Gasteiger partial charge is 0.481 e. The van der Waals surface area contributed by atoms with Gasteiger partial charge in [-0.3, -0.25) is 4.79 Å². The third-order valence-corrected chi connectivity index (χ3v) is 5.27. The number of carbonyl (C=O) groups is 1. The van der Waals surface area contributed by atoms with Gasteiger partial charge in [-0.1, -0.05) is 39.1 Å². The molecule has 6 nitrogen and oxygen atoms in total.